The Labute approximate surface area is 333 Å². The van der Waals surface area contributed by atoms with E-state index < -0.39 is 96.2 Å². The summed E-state index contributed by atoms with van der Waals surface area (Å²) in [6, 6.07) is 10.2. The third-order valence-electron chi connectivity index (χ3n) is 7.52. The van der Waals surface area contributed by atoms with Crippen LogP contribution < -0.4 is 88.3 Å². The molecule has 18 heteroatoms. The summed E-state index contributed by atoms with van der Waals surface area (Å²) in [4.78, 5) is 60.2. The second-order valence-electron chi connectivity index (χ2n) is 10.9. The van der Waals surface area contributed by atoms with Gasteiger partial charge in [0.05, 0.1) is 38.4 Å². The van der Waals surface area contributed by atoms with E-state index in [4.69, 9.17) is 38.6 Å². The number of aromatic hydroxyl groups is 1. The Morgan fingerprint density at radius 2 is 1.37 bits per heavy atom. The van der Waals surface area contributed by atoms with Crippen molar-refractivity contribution < 1.29 is 137 Å². The zero-order valence-corrected chi connectivity index (χ0v) is 31.6. The zero-order valence-electron chi connectivity index (χ0n) is 27.6. The fourth-order valence-corrected chi connectivity index (χ4v) is 5.21. The molecule has 0 unspecified atom stereocenters. The van der Waals surface area contributed by atoms with E-state index in [1.807, 2.05) is 0 Å². The number of carbonyl (C=O) groups excluding carboxylic acids is 3. The van der Waals surface area contributed by atoms with Gasteiger partial charge in [0.1, 0.15) is 23.9 Å². The summed E-state index contributed by atoms with van der Waals surface area (Å²) in [5.74, 6) is -7.12. The average molecular weight is 727 g/mol. The summed E-state index contributed by atoms with van der Waals surface area (Å²) in [6.07, 6.45) is -7.18. The molecule has 2 aliphatic rings. The van der Waals surface area contributed by atoms with Crippen LogP contribution in [0.25, 0.3) is 0 Å². The SMILES string of the molecule is COc1cc([C@H]2Oc3cc([C@H]4Oc5cc(O)cc([O-])c5C(=O)[C@@H]4OC(=O)CCC(=O)O)ccc3O[C@@H]2COC(=O)CCC(=O)O)ccc1[O-].[Na+].[Na+]. The van der Waals surface area contributed by atoms with E-state index in [1.165, 1.54) is 43.5 Å². The predicted octanol–water partition coefficient (Wildman–Crippen LogP) is -4.06. The molecule has 4 atom stereocenters. The molecule has 3 N–H and O–H groups in total. The summed E-state index contributed by atoms with van der Waals surface area (Å²) in [6.45, 7) is -0.377. The molecule has 0 saturated heterocycles. The maximum Gasteiger partial charge on any atom is 1.00 e. The van der Waals surface area contributed by atoms with Crippen molar-refractivity contribution in [3.63, 3.8) is 0 Å². The molecule has 0 aliphatic carbocycles. The maximum absolute atomic E-state index is 13.6. The monoisotopic (exact) mass is 726 g/mol. The fraction of sp³-hybridized carbons (Fsp3) is 0.303. The van der Waals surface area contributed by atoms with Gasteiger partial charge in [-0.3, -0.25) is 24.0 Å². The van der Waals surface area contributed by atoms with Crippen LogP contribution in [0.15, 0.2) is 48.5 Å². The third kappa shape index (κ3) is 9.78. The number of hydrogen-bond acceptors (Lipinski definition) is 14. The van der Waals surface area contributed by atoms with Gasteiger partial charge in [-0.25, -0.2) is 0 Å². The Kier molecular flexibility index (Phi) is 14.4. The zero-order chi connectivity index (χ0) is 35.4. The quantitative estimate of drug-likeness (QED) is 0.119. The first-order chi connectivity index (χ1) is 23.3. The van der Waals surface area contributed by atoms with Crippen LogP contribution in [0.4, 0.5) is 0 Å². The van der Waals surface area contributed by atoms with Crippen LogP contribution >= 0.6 is 0 Å². The number of ether oxygens (including phenoxy) is 6. The van der Waals surface area contributed by atoms with Gasteiger partial charge in [0, 0.05) is 11.6 Å². The van der Waals surface area contributed by atoms with Gasteiger partial charge < -0.3 is 54.0 Å². The number of Topliss-reactive ketones (excluding diaryl/α,β-unsaturated/α-hetero) is 1. The number of phenolic OH excluding ortho intramolecular Hbond substituents is 1. The number of benzene rings is 3. The van der Waals surface area contributed by atoms with E-state index in [-0.39, 0.29) is 101 Å². The number of ketones is 1. The number of carbonyl (C=O) groups is 5. The molecule has 3 aromatic carbocycles. The first-order valence-corrected chi connectivity index (χ1v) is 14.7. The van der Waals surface area contributed by atoms with E-state index >= 15 is 0 Å². The Morgan fingerprint density at radius 1 is 0.745 bits per heavy atom. The number of fused-ring (bicyclic) bond motifs is 2. The number of carboxylic acids is 2. The van der Waals surface area contributed by atoms with Crippen LogP contribution in [-0.2, 0) is 28.7 Å². The Balaban J connectivity index is 0.00000351. The number of rotatable bonds is 12. The van der Waals surface area contributed by atoms with Gasteiger partial charge in [0.2, 0.25) is 11.9 Å². The van der Waals surface area contributed by atoms with E-state index in [9.17, 15) is 39.3 Å². The molecule has 0 bridgehead atoms. The van der Waals surface area contributed by atoms with Crippen molar-refractivity contribution in [1.29, 1.82) is 0 Å². The number of hydrogen-bond donors (Lipinski definition) is 3. The molecule has 2 heterocycles. The molecule has 0 fully saturated rings. The van der Waals surface area contributed by atoms with Crippen molar-refractivity contribution in [2.45, 2.75) is 50.1 Å². The van der Waals surface area contributed by atoms with Gasteiger partial charge in [-0.15, -0.1) is 0 Å². The largest absolute Gasteiger partial charge is 1.00 e. The van der Waals surface area contributed by atoms with Crippen molar-refractivity contribution in [2.75, 3.05) is 13.7 Å². The number of esters is 2. The molecule has 0 amide bonds. The van der Waals surface area contributed by atoms with Crippen LogP contribution in [0.3, 0.4) is 0 Å². The molecule has 0 aromatic heterocycles. The average Bonchev–Trinajstić information content (AvgIpc) is 3.05. The first kappa shape index (κ1) is 41.2. The molecule has 0 saturated carbocycles. The molecule has 51 heavy (non-hydrogen) atoms. The molecule has 5 rings (SSSR count). The second-order valence-corrected chi connectivity index (χ2v) is 10.9. The molecular weight excluding hydrogens is 698 g/mol. The van der Waals surface area contributed by atoms with Crippen molar-refractivity contribution in [3.05, 3.63) is 65.2 Å². The molecule has 2 aliphatic heterocycles. The second kappa shape index (κ2) is 17.8. The summed E-state index contributed by atoms with van der Waals surface area (Å²) in [7, 11) is 1.30. The van der Waals surface area contributed by atoms with Gasteiger partial charge in [0.25, 0.3) is 0 Å². The van der Waals surface area contributed by atoms with Crippen LogP contribution in [0.2, 0.25) is 0 Å². The van der Waals surface area contributed by atoms with E-state index in [1.54, 1.807) is 0 Å². The molecule has 0 radical (unpaired) electrons. The van der Waals surface area contributed by atoms with Crippen molar-refractivity contribution in [2.24, 2.45) is 0 Å². The fourth-order valence-electron chi connectivity index (χ4n) is 5.21. The summed E-state index contributed by atoms with van der Waals surface area (Å²) >= 11 is 0. The number of carboxylic acid groups (broad SMARTS) is 2. The predicted molar refractivity (Wildman–Crippen MR) is 156 cm³/mol. The van der Waals surface area contributed by atoms with Crippen molar-refractivity contribution in [1.82, 2.24) is 0 Å². The standard InChI is InChI=1S/C33H30O16.2Na/c1-44-21-10-15(2-4-18(21)35)31-24(14-45-27(41)8-6-25(37)38)46-20-5-3-16(11-22(20)47-31)32-33(49-28(42)9-7-26(39)40)30(43)29-19(36)12-17(34)13-23(29)48-32;;/h2-5,10-13,24,31-36H,6-9,14H2,1H3,(H,37,38)(H,39,40);;/q;2*+1/p-2/t24-,31-,32-,33+;;/m1../s1. The van der Waals surface area contributed by atoms with Gasteiger partial charge in [0.15, 0.2) is 29.8 Å². The van der Waals surface area contributed by atoms with E-state index in [0.29, 0.717) is 5.56 Å². The Bertz CT molecular complexity index is 1810. The minimum absolute atomic E-state index is 0. The van der Waals surface area contributed by atoms with E-state index in [0.717, 1.165) is 12.1 Å². The smallest absolute Gasteiger partial charge is 0.872 e. The molecular formula is C33H28Na2O16. The Morgan fingerprint density at radius 3 is 2.04 bits per heavy atom. The molecule has 3 aromatic rings. The number of aliphatic carboxylic acids is 2. The van der Waals surface area contributed by atoms with Crippen molar-refractivity contribution in [3.8, 4) is 40.2 Å². The Hall–Kier alpha value is -4.19. The topological polar surface area (TPSA) is 248 Å². The minimum Gasteiger partial charge on any atom is -0.872 e. The van der Waals surface area contributed by atoms with Gasteiger partial charge in [-0.2, -0.15) is 0 Å². The van der Waals surface area contributed by atoms with Crippen LogP contribution in [0.5, 0.6) is 40.2 Å². The molecule has 16 nitrogen and oxygen atoms in total. The van der Waals surface area contributed by atoms with Crippen LogP contribution in [0.1, 0.15) is 59.4 Å². The number of phenols is 1. The maximum atomic E-state index is 13.6. The minimum atomic E-state index is -1.74. The first-order valence-electron chi connectivity index (χ1n) is 14.7. The van der Waals surface area contributed by atoms with Gasteiger partial charge in [-0.1, -0.05) is 29.7 Å². The van der Waals surface area contributed by atoms with Crippen LogP contribution in [-0.4, -0.2) is 70.9 Å². The third-order valence-corrected chi connectivity index (χ3v) is 7.52. The summed E-state index contributed by atoms with van der Waals surface area (Å²) < 4.78 is 34.1. The summed E-state index contributed by atoms with van der Waals surface area (Å²) in [5, 5.41) is 52.6. The normalized spacial score (nSPS) is 18.4. The van der Waals surface area contributed by atoms with Crippen molar-refractivity contribution >= 4 is 29.7 Å². The van der Waals surface area contributed by atoms with E-state index in [2.05, 4.69) is 0 Å². The number of methoxy groups -OCH3 is 1. The van der Waals surface area contributed by atoms with Gasteiger partial charge in [-0.05, 0) is 29.8 Å². The van der Waals surface area contributed by atoms with Crippen LogP contribution in [0, 0.1) is 0 Å². The molecule has 258 valence electrons. The summed E-state index contributed by atoms with van der Waals surface area (Å²) in [5.41, 5.74) is 0.0814. The molecule has 0 spiro atoms. The van der Waals surface area contributed by atoms with Gasteiger partial charge >= 0.3 is 83.0 Å².